The average Bonchev–Trinajstić information content (AvgIpc) is 2.99. The zero-order chi connectivity index (χ0) is 14.4. The van der Waals surface area contributed by atoms with E-state index in [1.165, 1.54) is 0 Å². The van der Waals surface area contributed by atoms with Gasteiger partial charge in [-0.05, 0) is 32.8 Å². The van der Waals surface area contributed by atoms with E-state index in [0.717, 1.165) is 37.2 Å². The van der Waals surface area contributed by atoms with Crippen molar-refractivity contribution < 1.29 is 9.53 Å². The summed E-state index contributed by atoms with van der Waals surface area (Å²) < 4.78 is 5.63. The van der Waals surface area contributed by atoms with Gasteiger partial charge in [0.05, 0.1) is 13.2 Å². The number of hydrogen-bond acceptors (Lipinski definition) is 3. The summed E-state index contributed by atoms with van der Waals surface area (Å²) in [7, 11) is 0. The van der Waals surface area contributed by atoms with E-state index >= 15 is 0 Å². The summed E-state index contributed by atoms with van der Waals surface area (Å²) in [6, 6.07) is 8.08. The minimum absolute atomic E-state index is 0.101. The normalized spacial score (nSPS) is 16.2. The van der Waals surface area contributed by atoms with Gasteiger partial charge in [0.1, 0.15) is 5.75 Å². The molecule has 0 saturated carbocycles. The Bertz CT molecular complexity index is 442. The SMILES string of the molecule is CCOc1ccccc1C(C)NCC(=O)N1CCCC1. The van der Waals surface area contributed by atoms with Crippen LogP contribution in [-0.2, 0) is 4.79 Å². The fraction of sp³-hybridized carbons (Fsp3) is 0.562. The second-order valence-corrected chi connectivity index (χ2v) is 5.16. The summed E-state index contributed by atoms with van der Waals surface area (Å²) in [6.45, 7) is 6.90. The van der Waals surface area contributed by atoms with Crippen LogP contribution in [0.5, 0.6) is 5.75 Å². The molecule has 4 nitrogen and oxygen atoms in total. The van der Waals surface area contributed by atoms with E-state index in [1.807, 2.05) is 36.1 Å². The zero-order valence-corrected chi connectivity index (χ0v) is 12.4. The first-order valence-corrected chi connectivity index (χ1v) is 7.45. The molecule has 1 heterocycles. The number of hydrogen-bond donors (Lipinski definition) is 1. The second kappa shape index (κ2) is 7.29. The highest BCUT2D eigenvalue weighted by Crippen LogP contribution is 2.24. The number of benzene rings is 1. The Labute approximate surface area is 121 Å². The van der Waals surface area contributed by atoms with Gasteiger partial charge in [0.2, 0.25) is 5.91 Å². The van der Waals surface area contributed by atoms with Gasteiger partial charge in [-0.1, -0.05) is 18.2 Å². The van der Waals surface area contributed by atoms with Gasteiger partial charge < -0.3 is 15.0 Å². The van der Waals surface area contributed by atoms with Gasteiger partial charge in [0.25, 0.3) is 0 Å². The summed E-state index contributed by atoms with van der Waals surface area (Å²) in [5, 5.41) is 3.30. The molecule has 1 amide bonds. The molecule has 1 saturated heterocycles. The van der Waals surface area contributed by atoms with Crippen molar-refractivity contribution in [2.75, 3.05) is 26.2 Å². The molecule has 1 N–H and O–H groups in total. The van der Waals surface area contributed by atoms with Crippen molar-refractivity contribution in [2.24, 2.45) is 0 Å². The summed E-state index contributed by atoms with van der Waals surface area (Å²) in [5.41, 5.74) is 1.10. The van der Waals surface area contributed by atoms with Gasteiger partial charge in [0, 0.05) is 24.7 Å². The summed E-state index contributed by atoms with van der Waals surface area (Å²) >= 11 is 0. The first-order valence-electron chi connectivity index (χ1n) is 7.45. The maximum atomic E-state index is 12.0. The number of ether oxygens (including phenoxy) is 1. The van der Waals surface area contributed by atoms with Gasteiger partial charge in [0.15, 0.2) is 0 Å². The lowest BCUT2D eigenvalue weighted by Crippen LogP contribution is -2.37. The minimum atomic E-state index is 0.101. The lowest BCUT2D eigenvalue weighted by atomic mass is 10.1. The molecule has 1 aromatic rings. The maximum absolute atomic E-state index is 12.0. The number of rotatable bonds is 6. The number of nitrogens with one attached hydrogen (secondary N) is 1. The highest BCUT2D eigenvalue weighted by molar-refractivity contribution is 5.78. The number of likely N-dealkylation sites (tertiary alicyclic amines) is 1. The predicted octanol–water partition coefficient (Wildman–Crippen LogP) is 2.36. The van der Waals surface area contributed by atoms with Crippen LogP contribution in [0.15, 0.2) is 24.3 Å². The molecule has 4 heteroatoms. The Balaban J connectivity index is 1.90. The van der Waals surface area contributed by atoms with Gasteiger partial charge in [-0.15, -0.1) is 0 Å². The van der Waals surface area contributed by atoms with E-state index < -0.39 is 0 Å². The van der Waals surface area contributed by atoms with Crippen molar-refractivity contribution in [3.8, 4) is 5.75 Å². The summed E-state index contributed by atoms with van der Waals surface area (Å²) in [6.07, 6.45) is 2.27. The lowest BCUT2D eigenvalue weighted by Gasteiger charge is -2.20. The van der Waals surface area contributed by atoms with E-state index in [1.54, 1.807) is 0 Å². The van der Waals surface area contributed by atoms with Crippen molar-refractivity contribution >= 4 is 5.91 Å². The Morgan fingerprint density at radius 3 is 2.75 bits per heavy atom. The molecular formula is C16H24N2O2. The fourth-order valence-electron chi connectivity index (χ4n) is 2.55. The highest BCUT2D eigenvalue weighted by Gasteiger charge is 2.19. The third kappa shape index (κ3) is 3.73. The highest BCUT2D eigenvalue weighted by atomic mass is 16.5. The first-order chi connectivity index (χ1) is 9.72. The Morgan fingerprint density at radius 2 is 2.05 bits per heavy atom. The Kier molecular flexibility index (Phi) is 5.41. The number of carbonyl (C=O) groups is 1. The molecule has 110 valence electrons. The third-order valence-corrected chi connectivity index (χ3v) is 3.70. The van der Waals surface area contributed by atoms with E-state index in [0.29, 0.717) is 13.2 Å². The smallest absolute Gasteiger partial charge is 0.236 e. The lowest BCUT2D eigenvalue weighted by molar-refractivity contribution is -0.129. The molecule has 20 heavy (non-hydrogen) atoms. The van der Waals surface area contributed by atoms with Crippen LogP contribution in [0.25, 0.3) is 0 Å². The molecule has 1 fully saturated rings. The topological polar surface area (TPSA) is 41.6 Å². The van der Waals surface area contributed by atoms with Crippen molar-refractivity contribution in [1.82, 2.24) is 10.2 Å². The number of nitrogens with zero attached hydrogens (tertiary/aromatic N) is 1. The van der Waals surface area contributed by atoms with Crippen LogP contribution in [0.4, 0.5) is 0 Å². The monoisotopic (exact) mass is 276 g/mol. The molecule has 0 bridgehead atoms. The molecule has 0 aromatic heterocycles. The molecule has 0 radical (unpaired) electrons. The van der Waals surface area contributed by atoms with Crippen LogP contribution in [0.3, 0.4) is 0 Å². The van der Waals surface area contributed by atoms with Crippen LogP contribution in [0.1, 0.15) is 38.3 Å². The largest absolute Gasteiger partial charge is 0.494 e. The average molecular weight is 276 g/mol. The van der Waals surface area contributed by atoms with Gasteiger partial charge in [-0.25, -0.2) is 0 Å². The van der Waals surface area contributed by atoms with Crippen LogP contribution in [-0.4, -0.2) is 37.0 Å². The van der Waals surface area contributed by atoms with E-state index in [-0.39, 0.29) is 11.9 Å². The van der Waals surface area contributed by atoms with E-state index in [4.69, 9.17) is 4.74 Å². The molecule has 0 aliphatic carbocycles. The van der Waals surface area contributed by atoms with Gasteiger partial charge >= 0.3 is 0 Å². The maximum Gasteiger partial charge on any atom is 0.236 e. The molecule has 1 aliphatic rings. The second-order valence-electron chi connectivity index (χ2n) is 5.16. The summed E-state index contributed by atoms with van der Waals surface area (Å²) in [5.74, 6) is 1.09. The van der Waals surface area contributed by atoms with Crippen LogP contribution >= 0.6 is 0 Å². The molecule has 2 rings (SSSR count). The zero-order valence-electron chi connectivity index (χ0n) is 12.4. The van der Waals surface area contributed by atoms with Crippen molar-refractivity contribution in [3.05, 3.63) is 29.8 Å². The molecule has 1 aromatic carbocycles. The fourth-order valence-corrected chi connectivity index (χ4v) is 2.55. The number of carbonyl (C=O) groups excluding carboxylic acids is 1. The Morgan fingerprint density at radius 1 is 1.35 bits per heavy atom. The predicted molar refractivity (Wildman–Crippen MR) is 79.8 cm³/mol. The summed E-state index contributed by atoms with van der Waals surface area (Å²) in [4.78, 5) is 14.0. The molecule has 1 atom stereocenters. The first kappa shape index (κ1) is 14.9. The van der Waals surface area contributed by atoms with Crippen LogP contribution in [0, 0.1) is 0 Å². The Hall–Kier alpha value is -1.55. The van der Waals surface area contributed by atoms with Gasteiger partial charge in [-0.2, -0.15) is 0 Å². The third-order valence-electron chi connectivity index (χ3n) is 3.70. The quantitative estimate of drug-likeness (QED) is 0.867. The molecular weight excluding hydrogens is 252 g/mol. The molecule has 1 unspecified atom stereocenters. The van der Waals surface area contributed by atoms with Crippen molar-refractivity contribution in [3.63, 3.8) is 0 Å². The molecule has 0 spiro atoms. The van der Waals surface area contributed by atoms with Gasteiger partial charge in [-0.3, -0.25) is 4.79 Å². The van der Waals surface area contributed by atoms with E-state index in [2.05, 4.69) is 12.2 Å². The number of amides is 1. The van der Waals surface area contributed by atoms with Crippen LogP contribution < -0.4 is 10.1 Å². The van der Waals surface area contributed by atoms with Crippen molar-refractivity contribution in [2.45, 2.75) is 32.7 Å². The van der Waals surface area contributed by atoms with Crippen LogP contribution in [0.2, 0.25) is 0 Å². The standard InChI is InChI=1S/C16H24N2O2/c1-3-20-15-9-5-4-8-14(15)13(2)17-12-16(19)18-10-6-7-11-18/h4-5,8-9,13,17H,3,6-7,10-12H2,1-2H3. The van der Waals surface area contributed by atoms with E-state index in [9.17, 15) is 4.79 Å². The van der Waals surface area contributed by atoms with Crippen molar-refractivity contribution in [1.29, 1.82) is 0 Å². The molecule has 1 aliphatic heterocycles. The number of para-hydroxylation sites is 1. The minimum Gasteiger partial charge on any atom is -0.494 e.